The molecule has 3 aromatic heterocycles. The van der Waals surface area contributed by atoms with Gasteiger partial charge in [-0.2, -0.15) is 19.9 Å². The Morgan fingerprint density at radius 3 is 2.66 bits per heavy atom. The van der Waals surface area contributed by atoms with Crippen molar-refractivity contribution in [1.29, 1.82) is 0 Å². The molecule has 11 heteroatoms. The van der Waals surface area contributed by atoms with Crippen LogP contribution in [0.1, 0.15) is 11.3 Å². The topological polar surface area (TPSA) is 120 Å². The Balaban J connectivity index is 1.46. The average Bonchev–Trinajstić information content (AvgIpc) is 3.42. The number of nitrogens with one attached hydrogen (secondary N) is 2. The second-order valence-electron chi connectivity index (χ2n) is 7.84. The van der Waals surface area contributed by atoms with Gasteiger partial charge in [-0.3, -0.25) is 14.6 Å². The fraction of sp³-hybridized carbons (Fsp3) is 0.125. The van der Waals surface area contributed by atoms with E-state index < -0.39 is 17.3 Å². The summed E-state index contributed by atoms with van der Waals surface area (Å²) in [6, 6.07) is 14.7. The number of H-pyrrole nitrogens is 1. The third-order valence-corrected chi connectivity index (χ3v) is 5.25. The van der Waals surface area contributed by atoms with Crippen molar-refractivity contribution >= 4 is 22.8 Å². The Kier molecular flexibility index (Phi) is 5.57. The fourth-order valence-corrected chi connectivity index (χ4v) is 3.57. The van der Waals surface area contributed by atoms with Gasteiger partial charge >= 0.3 is 0 Å². The normalized spacial score (nSPS) is 11.1. The van der Waals surface area contributed by atoms with Gasteiger partial charge in [-0.1, -0.05) is 18.2 Å². The molecule has 3 heterocycles. The van der Waals surface area contributed by atoms with Crippen LogP contribution in [0, 0.1) is 19.7 Å². The van der Waals surface area contributed by atoms with Crippen LogP contribution in [0.3, 0.4) is 0 Å². The van der Waals surface area contributed by atoms with E-state index in [0.717, 1.165) is 5.56 Å². The molecule has 0 saturated heterocycles. The number of hydrogen-bond donors (Lipinski definition) is 2. The summed E-state index contributed by atoms with van der Waals surface area (Å²) in [4.78, 5) is 32.5. The largest absolute Gasteiger partial charge is 0.483 e. The highest BCUT2D eigenvalue weighted by atomic mass is 19.1. The number of amides is 1. The van der Waals surface area contributed by atoms with Crippen LogP contribution >= 0.6 is 0 Å². The zero-order valence-corrected chi connectivity index (χ0v) is 18.8. The average molecular weight is 473 g/mol. The molecular formula is C24H20FN7O3. The first-order chi connectivity index (χ1) is 16.9. The van der Waals surface area contributed by atoms with Gasteiger partial charge < -0.3 is 10.1 Å². The molecule has 0 aliphatic carbocycles. The number of rotatable bonds is 6. The number of hydrogen-bond acceptors (Lipinski definition) is 6. The highest BCUT2D eigenvalue weighted by molar-refractivity contribution is 5.91. The summed E-state index contributed by atoms with van der Waals surface area (Å²) >= 11 is 0. The van der Waals surface area contributed by atoms with E-state index in [1.54, 1.807) is 19.1 Å². The number of nitrogens with zero attached hydrogens (tertiary/aromatic N) is 5. The Hall–Kier alpha value is -4.80. The van der Waals surface area contributed by atoms with Crippen LogP contribution in [-0.4, -0.2) is 42.0 Å². The van der Waals surface area contributed by atoms with Gasteiger partial charge in [0.15, 0.2) is 12.3 Å². The second kappa shape index (κ2) is 8.86. The molecule has 5 rings (SSSR count). The molecule has 0 fully saturated rings. The lowest BCUT2D eigenvalue weighted by molar-refractivity contribution is -0.118. The summed E-state index contributed by atoms with van der Waals surface area (Å²) in [5.41, 5.74) is 1.85. The molecule has 0 saturated carbocycles. The van der Waals surface area contributed by atoms with Crippen molar-refractivity contribution in [2.75, 3.05) is 11.9 Å². The predicted molar refractivity (Wildman–Crippen MR) is 127 cm³/mol. The summed E-state index contributed by atoms with van der Waals surface area (Å²) < 4.78 is 21.7. The lowest BCUT2D eigenvalue weighted by Crippen LogP contribution is -2.23. The molecule has 0 radical (unpaired) electrons. The van der Waals surface area contributed by atoms with Crippen molar-refractivity contribution in [2.24, 2.45) is 0 Å². The molecule has 176 valence electrons. The first-order valence-electron chi connectivity index (χ1n) is 10.7. The SMILES string of the molecule is Cc1cc(NC(=O)COc2ccccc2C)n(-c2nc3c(cnn3-c3ccc(F)cc3)c(=O)[nH]2)n1. The highest BCUT2D eigenvalue weighted by Gasteiger charge is 2.17. The van der Waals surface area contributed by atoms with Crippen LogP contribution in [0.15, 0.2) is 65.6 Å². The molecule has 2 N–H and O–H groups in total. The number of halogens is 1. The number of aromatic nitrogens is 6. The molecular weight excluding hydrogens is 453 g/mol. The van der Waals surface area contributed by atoms with Gasteiger partial charge in [0, 0.05) is 6.07 Å². The molecule has 35 heavy (non-hydrogen) atoms. The van der Waals surface area contributed by atoms with Gasteiger partial charge in [0.25, 0.3) is 11.5 Å². The molecule has 10 nitrogen and oxygen atoms in total. The Labute approximate surface area is 198 Å². The van der Waals surface area contributed by atoms with E-state index in [1.807, 2.05) is 25.1 Å². The second-order valence-corrected chi connectivity index (χ2v) is 7.84. The number of aromatic amines is 1. The number of ether oxygens (including phenoxy) is 1. The highest BCUT2D eigenvalue weighted by Crippen LogP contribution is 2.19. The van der Waals surface area contributed by atoms with Crippen molar-refractivity contribution in [3.8, 4) is 17.4 Å². The number of aryl methyl sites for hydroxylation is 2. The van der Waals surface area contributed by atoms with Crippen molar-refractivity contribution in [3.63, 3.8) is 0 Å². The van der Waals surface area contributed by atoms with Crippen molar-refractivity contribution < 1.29 is 13.9 Å². The number of para-hydroxylation sites is 1. The maximum atomic E-state index is 13.4. The number of carbonyl (C=O) groups is 1. The van der Waals surface area contributed by atoms with Crippen molar-refractivity contribution in [1.82, 2.24) is 29.5 Å². The molecule has 5 aromatic rings. The first-order valence-corrected chi connectivity index (χ1v) is 10.7. The summed E-state index contributed by atoms with van der Waals surface area (Å²) in [5, 5.41) is 11.6. The summed E-state index contributed by atoms with van der Waals surface area (Å²) in [6.07, 6.45) is 1.38. The number of anilines is 1. The molecule has 0 bridgehead atoms. The number of benzene rings is 2. The standard InChI is InChI=1S/C24H20FN7O3/c1-14-5-3-4-6-19(14)35-13-21(33)27-20-11-15(2)30-32(20)24-28-22-18(23(34)29-24)12-26-31(22)17-9-7-16(25)8-10-17/h3-12H,13H2,1-2H3,(H,27,33)(H,28,29,34). The quantitative estimate of drug-likeness (QED) is 0.391. The zero-order chi connectivity index (χ0) is 24.5. The lowest BCUT2D eigenvalue weighted by Gasteiger charge is -2.11. The van der Waals surface area contributed by atoms with Gasteiger partial charge in [-0.25, -0.2) is 9.07 Å². The summed E-state index contributed by atoms with van der Waals surface area (Å²) in [6.45, 7) is 3.42. The van der Waals surface area contributed by atoms with Crippen LogP contribution in [0.5, 0.6) is 5.75 Å². The third kappa shape index (κ3) is 4.38. The number of carbonyl (C=O) groups excluding carboxylic acids is 1. The van der Waals surface area contributed by atoms with Gasteiger partial charge in [0.05, 0.1) is 17.6 Å². The molecule has 0 aliphatic heterocycles. The zero-order valence-electron chi connectivity index (χ0n) is 18.8. The van der Waals surface area contributed by atoms with E-state index in [4.69, 9.17) is 4.74 Å². The van der Waals surface area contributed by atoms with E-state index in [9.17, 15) is 14.0 Å². The van der Waals surface area contributed by atoms with Crippen LogP contribution < -0.4 is 15.6 Å². The van der Waals surface area contributed by atoms with E-state index in [1.165, 1.54) is 39.8 Å². The van der Waals surface area contributed by atoms with E-state index in [0.29, 0.717) is 22.9 Å². The van der Waals surface area contributed by atoms with E-state index >= 15 is 0 Å². The summed E-state index contributed by atoms with van der Waals surface area (Å²) in [7, 11) is 0. The third-order valence-electron chi connectivity index (χ3n) is 5.25. The molecule has 0 atom stereocenters. The van der Waals surface area contributed by atoms with Gasteiger partial charge in [0.2, 0.25) is 5.95 Å². The first kappa shape index (κ1) is 22.0. The van der Waals surface area contributed by atoms with E-state index in [-0.39, 0.29) is 23.6 Å². The minimum absolute atomic E-state index is 0.0783. The van der Waals surface area contributed by atoms with Crippen LogP contribution in [0.2, 0.25) is 0 Å². The maximum Gasteiger partial charge on any atom is 0.263 e. The molecule has 2 aromatic carbocycles. The molecule has 0 unspecified atom stereocenters. The summed E-state index contributed by atoms with van der Waals surface area (Å²) in [5.74, 6) is 0.188. The van der Waals surface area contributed by atoms with Gasteiger partial charge in [-0.15, -0.1) is 0 Å². The smallest absolute Gasteiger partial charge is 0.263 e. The van der Waals surface area contributed by atoms with Crippen LogP contribution in [-0.2, 0) is 4.79 Å². The van der Waals surface area contributed by atoms with Gasteiger partial charge in [0.1, 0.15) is 22.8 Å². The molecule has 1 amide bonds. The van der Waals surface area contributed by atoms with Crippen LogP contribution in [0.25, 0.3) is 22.7 Å². The Bertz CT molecular complexity index is 1600. The minimum atomic E-state index is -0.438. The van der Waals surface area contributed by atoms with Crippen LogP contribution in [0.4, 0.5) is 10.2 Å². The Morgan fingerprint density at radius 2 is 1.89 bits per heavy atom. The predicted octanol–water partition coefficient (Wildman–Crippen LogP) is 3.07. The maximum absolute atomic E-state index is 13.4. The monoisotopic (exact) mass is 473 g/mol. The van der Waals surface area contributed by atoms with Crippen molar-refractivity contribution in [2.45, 2.75) is 13.8 Å². The molecule has 0 spiro atoms. The van der Waals surface area contributed by atoms with E-state index in [2.05, 4.69) is 25.5 Å². The Morgan fingerprint density at radius 1 is 1.11 bits per heavy atom. The van der Waals surface area contributed by atoms with Gasteiger partial charge in [-0.05, 0) is 49.7 Å². The minimum Gasteiger partial charge on any atom is -0.483 e. The van der Waals surface area contributed by atoms with Crippen molar-refractivity contribution in [3.05, 3.63) is 88.2 Å². The number of fused-ring (bicyclic) bond motifs is 1. The molecule has 0 aliphatic rings. The lowest BCUT2D eigenvalue weighted by atomic mass is 10.2. The fourth-order valence-electron chi connectivity index (χ4n) is 3.57.